The van der Waals surface area contributed by atoms with E-state index in [-0.39, 0.29) is 17.4 Å². The van der Waals surface area contributed by atoms with E-state index in [9.17, 15) is 14.7 Å². The maximum atomic E-state index is 11.4. The number of carbonyl (C=O) groups is 2. The Hall–Kier alpha value is -3.55. The number of imidazole rings is 1. The summed E-state index contributed by atoms with van der Waals surface area (Å²) in [6.07, 6.45) is 3.12. The first kappa shape index (κ1) is 15.3. The molecule has 3 aromatic rings. The number of aromatic nitrogens is 2. The molecule has 2 heterocycles. The Kier molecular flexibility index (Phi) is 3.78. The fourth-order valence-electron chi connectivity index (χ4n) is 2.29. The number of hydrogen-bond acceptors (Lipinski definition) is 5. The van der Waals surface area contributed by atoms with Crippen molar-refractivity contribution in [2.45, 2.75) is 6.92 Å². The van der Waals surface area contributed by atoms with Gasteiger partial charge in [0.25, 0.3) is 0 Å². The highest BCUT2D eigenvalue weighted by molar-refractivity contribution is 5.94. The molecule has 0 radical (unpaired) electrons. The second kappa shape index (κ2) is 5.92. The van der Waals surface area contributed by atoms with Gasteiger partial charge in [0.15, 0.2) is 5.76 Å². The molecule has 3 rings (SSSR count). The van der Waals surface area contributed by atoms with Crippen molar-refractivity contribution in [1.82, 2.24) is 9.55 Å². The van der Waals surface area contributed by atoms with E-state index in [1.165, 1.54) is 36.0 Å². The summed E-state index contributed by atoms with van der Waals surface area (Å²) in [4.78, 5) is 26.8. The van der Waals surface area contributed by atoms with Crippen LogP contribution in [0.5, 0.6) is 0 Å². The number of nitrogens with one attached hydrogen (secondary N) is 1. The van der Waals surface area contributed by atoms with Crippen LogP contribution in [0.2, 0.25) is 0 Å². The Bertz CT molecular complexity index is 912. The van der Waals surface area contributed by atoms with Crippen molar-refractivity contribution in [2.75, 3.05) is 11.1 Å². The summed E-state index contributed by atoms with van der Waals surface area (Å²) in [7, 11) is 0. The molecule has 1 amide bonds. The van der Waals surface area contributed by atoms with E-state index < -0.39 is 5.97 Å². The fraction of sp³-hybridized carbons (Fsp3) is 0.0625. The van der Waals surface area contributed by atoms with Crippen molar-refractivity contribution in [3.05, 3.63) is 48.4 Å². The number of nitrogens with two attached hydrogens (primary N) is 1. The van der Waals surface area contributed by atoms with Crippen LogP contribution in [0.15, 0.2) is 47.2 Å². The van der Waals surface area contributed by atoms with Gasteiger partial charge in [0, 0.05) is 13.1 Å². The second-order valence-electron chi connectivity index (χ2n) is 5.05. The van der Waals surface area contributed by atoms with Crippen LogP contribution in [0.4, 0.5) is 11.6 Å². The Morgan fingerprint density at radius 1 is 1.33 bits per heavy atom. The topological polar surface area (TPSA) is 123 Å². The van der Waals surface area contributed by atoms with Gasteiger partial charge in [0.2, 0.25) is 11.9 Å². The standard InChI is InChI=1S/C16H14N4O4/c1-9(21)18-11-5-4-10(15(22)23)7-13(11)20-8-12(19-16(20)17)14-3-2-6-24-14/h2-8H,1H3,(H2,17,19)(H,18,21)(H,22,23). The minimum atomic E-state index is -1.09. The maximum absolute atomic E-state index is 11.4. The third-order valence-electron chi connectivity index (χ3n) is 3.32. The van der Waals surface area contributed by atoms with Crippen molar-refractivity contribution >= 4 is 23.5 Å². The van der Waals surface area contributed by atoms with E-state index >= 15 is 0 Å². The maximum Gasteiger partial charge on any atom is 0.335 e. The summed E-state index contributed by atoms with van der Waals surface area (Å²) in [6.45, 7) is 1.36. The van der Waals surface area contributed by atoms with Crippen molar-refractivity contribution < 1.29 is 19.1 Å². The summed E-state index contributed by atoms with van der Waals surface area (Å²) >= 11 is 0. The quantitative estimate of drug-likeness (QED) is 0.676. The van der Waals surface area contributed by atoms with Gasteiger partial charge >= 0.3 is 5.97 Å². The first-order valence-corrected chi connectivity index (χ1v) is 7.00. The van der Waals surface area contributed by atoms with Crippen molar-refractivity contribution in [3.8, 4) is 17.1 Å². The lowest BCUT2D eigenvalue weighted by molar-refractivity contribution is -0.114. The summed E-state index contributed by atoms with van der Waals surface area (Å²) in [5.74, 6) is -0.716. The molecule has 0 saturated carbocycles. The number of carbonyl (C=O) groups excluding carboxylic acids is 1. The molecule has 0 bridgehead atoms. The zero-order valence-electron chi connectivity index (χ0n) is 12.7. The van der Waals surface area contributed by atoms with E-state index in [1.54, 1.807) is 18.3 Å². The highest BCUT2D eigenvalue weighted by Crippen LogP contribution is 2.28. The minimum Gasteiger partial charge on any atom is -0.478 e. The summed E-state index contributed by atoms with van der Waals surface area (Å²) in [6, 6.07) is 7.77. The molecule has 0 unspecified atom stereocenters. The van der Waals surface area contributed by atoms with Gasteiger partial charge in [-0.05, 0) is 30.3 Å². The van der Waals surface area contributed by atoms with Crippen LogP contribution < -0.4 is 11.1 Å². The normalized spacial score (nSPS) is 10.5. The van der Waals surface area contributed by atoms with E-state index in [4.69, 9.17) is 10.2 Å². The lowest BCUT2D eigenvalue weighted by Crippen LogP contribution is -2.11. The molecule has 0 aliphatic heterocycles. The number of carboxylic acid groups (broad SMARTS) is 1. The van der Waals surface area contributed by atoms with E-state index in [2.05, 4.69) is 10.3 Å². The zero-order valence-corrected chi connectivity index (χ0v) is 12.7. The lowest BCUT2D eigenvalue weighted by Gasteiger charge is -2.12. The summed E-state index contributed by atoms with van der Waals surface area (Å²) in [5.41, 5.74) is 7.33. The van der Waals surface area contributed by atoms with Gasteiger partial charge in [-0.25, -0.2) is 9.78 Å². The largest absolute Gasteiger partial charge is 0.478 e. The predicted molar refractivity (Wildman–Crippen MR) is 86.9 cm³/mol. The first-order chi connectivity index (χ1) is 11.5. The third-order valence-corrected chi connectivity index (χ3v) is 3.32. The highest BCUT2D eigenvalue weighted by Gasteiger charge is 2.16. The average molecular weight is 326 g/mol. The van der Waals surface area contributed by atoms with Crippen molar-refractivity contribution in [2.24, 2.45) is 0 Å². The number of anilines is 2. The van der Waals surface area contributed by atoms with Gasteiger partial charge in [-0.15, -0.1) is 0 Å². The van der Waals surface area contributed by atoms with Gasteiger partial charge in [0.05, 0.1) is 23.2 Å². The number of nitrogen functional groups attached to an aromatic ring is 1. The monoisotopic (exact) mass is 326 g/mol. The smallest absolute Gasteiger partial charge is 0.335 e. The molecule has 2 aromatic heterocycles. The van der Waals surface area contributed by atoms with Crippen LogP contribution in [-0.2, 0) is 4.79 Å². The Morgan fingerprint density at radius 3 is 2.75 bits per heavy atom. The Balaban J connectivity index is 2.15. The zero-order chi connectivity index (χ0) is 17.3. The molecule has 0 saturated heterocycles. The molecule has 0 fully saturated rings. The van der Waals surface area contributed by atoms with Gasteiger partial charge < -0.3 is 20.6 Å². The lowest BCUT2D eigenvalue weighted by atomic mass is 10.1. The van der Waals surface area contributed by atoms with Gasteiger partial charge in [-0.3, -0.25) is 9.36 Å². The van der Waals surface area contributed by atoms with Crippen LogP contribution in [0.25, 0.3) is 17.1 Å². The number of furan rings is 1. The molecule has 8 heteroatoms. The number of nitrogens with zero attached hydrogens (tertiary/aromatic N) is 2. The average Bonchev–Trinajstić information content (AvgIpc) is 3.16. The number of carboxylic acids is 1. The molecular formula is C16H14N4O4. The summed E-state index contributed by atoms with van der Waals surface area (Å²) in [5, 5.41) is 11.8. The van der Waals surface area contributed by atoms with Crippen LogP contribution in [0, 0.1) is 0 Å². The molecular weight excluding hydrogens is 312 g/mol. The number of amides is 1. The SMILES string of the molecule is CC(=O)Nc1ccc(C(=O)O)cc1-n1cc(-c2ccco2)nc1N. The molecule has 1 aromatic carbocycles. The molecule has 0 spiro atoms. The molecule has 0 atom stereocenters. The van der Waals surface area contributed by atoms with Crippen LogP contribution in [-0.4, -0.2) is 26.5 Å². The van der Waals surface area contributed by atoms with E-state index in [0.29, 0.717) is 22.8 Å². The first-order valence-electron chi connectivity index (χ1n) is 7.00. The molecule has 122 valence electrons. The van der Waals surface area contributed by atoms with Crippen molar-refractivity contribution in [3.63, 3.8) is 0 Å². The van der Waals surface area contributed by atoms with Crippen LogP contribution >= 0.6 is 0 Å². The van der Waals surface area contributed by atoms with Crippen LogP contribution in [0.3, 0.4) is 0 Å². The van der Waals surface area contributed by atoms with E-state index in [0.717, 1.165) is 0 Å². The number of aromatic carboxylic acids is 1. The molecule has 4 N–H and O–H groups in total. The minimum absolute atomic E-state index is 0.0618. The Morgan fingerprint density at radius 2 is 2.12 bits per heavy atom. The van der Waals surface area contributed by atoms with Gasteiger partial charge in [-0.1, -0.05) is 0 Å². The predicted octanol–water partition coefficient (Wildman–Crippen LogP) is 2.37. The summed E-state index contributed by atoms with van der Waals surface area (Å²) < 4.78 is 6.78. The Labute approximate surface area is 136 Å². The third kappa shape index (κ3) is 2.84. The second-order valence-corrected chi connectivity index (χ2v) is 5.05. The molecule has 8 nitrogen and oxygen atoms in total. The van der Waals surface area contributed by atoms with Gasteiger partial charge in [-0.2, -0.15) is 0 Å². The number of benzene rings is 1. The number of rotatable bonds is 4. The molecule has 0 aliphatic carbocycles. The molecule has 0 aliphatic rings. The van der Waals surface area contributed by atoms with Gasteiger partial charge in [0.1, 0.15) is 5.69 Å². The van der Waals surface area contributed by atoms with Crippen LogP contribution in [0.1, 0.15) is 17.3 Å². The highest BCUT2D eigenvalue weighted by atomic mass is 16.4. The fourth-order valence-corrected chi connectivity index (χ4v) is 2.29. The van der Waals surface area contributed by atoms with Crippen molar-refractivity contribution in [1.29, 1.82) is 0 Å². The molecule has 24 heavy (non-hydrogen) atoms. The number of hydrogen-bond donors (Lipinski definition) is 3. The van der Waals surface area contributed by atoms with E-state index in [1.807, 2.05) is 0 Å².